The van der Waals surface area contributed by atoms with E-state index in [1.54, 1.807) is 18.2 Å². The molecule has 4 rings (SSSR count). The van der Waals surface area contributed by atoms with Gasteiger partial charge >= 0.3 is 5.97 Å². The maximum Gasteiger partial charge on any atom is 0.350 e. The lowest BCUT2D eigenvalue weighted by atomic mass is 9.90. The van der Waals surface area contributed by atoms with Crippen molar-refractivity contribution in [2.24, 2.45) is 0 Å². The van der Waals surface area contributed by atoms with Crippen molar-refractivity contribution < 1.29 is 39.4 Å². The monoisotopic (exact) mass is 506 g/mol. The van der Waals surface area contributed by atoms with Crippen molar-refractivity contribution in [1.29, 1.82) is 0 Å². The second-order valence-corrected chi connectivity index (χ2v) is 9.62. The van der Waals surface area contributed by atoms with Crippen LogP contribution in [0.3, 0.4) is 0 Å². The minimum Gasteiger partial charge on any atom is -0.476 e. The molecular formula is C26H31ClO8. The van der Waals surface area contributed by atoms with Crippen LogP contribution in [-0.2, 0) is 20.7 Å². The molecule has 1 aliphatic heterocycles. The molecule has 0 unspecified atom stereocenters. The van der Waals surface area contributed by atoms with Crippen LogP contribution in [0.2, 0.25) is 5.02 Å². The molecule has 0 spiro atoms. The molecule has 9 heteroatoms. The van der Waals surface area contributed by atoms with Gasteiger partial charge < -0.3 is 34.6 Å². The number of aliphatic hydroxyl groups excluding tert-OH is 4. The van der Waals surface area contributed by atoms with E-state index in [1.807, 2.05) is 24.3 Å². The van der Waals surface area contributed by atoms with Gasteiger partial charge in [-0.05, 0) is 67.0 Å². The quantitative estimate of drug-likeness (QED) is 0.421. The van der Waals surface area contributed by atoms with Gasteiger partial charge in [0, 0.05) is 5.02 Å². The number of rotatable bonds is 7. The fourth-order valence-corrected chi connectivity index (χ4v) is 5.07. The molecule has 190 valence electrons. The van der Waals surface area contributed by atoms with Gasteiger partial charge in [-0.25, -0.2) is 4.79 Å². The molecule has 0 amide bonds. The van der Waals surface area contributed by atoms with Gasteiger partial charge in [-0.3, -0.25) is 0 Å². The van der Waals surface area contributed by atoms with E-state index >= 15 is 0 Å². The van der Waals surface area contributed by atoms with Gasteiger partial charge in [-0.1, -0.05) is 35.9 Å². The Morgan fingerprint density at radius 3 is 2.37 bits per heavy atom. The number of carbonyl (C=O) groups is 1. The third-order valence-corrected chi connectivity index (χ3v) is 7.26. The molecule has 1 saturated heterocycles. The molecule has 0 bridgehead atoms. The Morgan fingerprint density at radius 1 is 1.06 bits per heavy atom. The molecule has 35 heavy (non-hydrogen) atoms. The number of ether oxygens (including phenoxy) is 3. The summed E-state index contributed by atoms with van der Waals surface area (Å²) in [7, 11) is 1.37. The standard InChI is InChI=1S/C26H31ClO8/c1-33-25(32)26(10-2-3-11-26)35-18-7-4-15(5-8-18)12-17-13-16(6-9-19(17)27)24-23(31)22(30)21(29)20(14-28)34-24/h4-9,13,20-24,28-31H,2-3,10-12,14H2,1H3/t20-,21-,22+,23-,24+/m1/s1. The minimum atomic E-state index is -1.45. The maximum atomic E-state index is 12.3. The third kappa shape index (κ3) is 5.33. The number of carbonyl (C=O) groups excluding carboxylic acids is 1. The van der Waals surface area contributed by atoms with Crippen LogP contribution < -0.4 is 4.74 Å². The smallest absolute Gasteiger partial charge is 0.350 e. The van der Waals surface area contributed by atoms with Crippen molar-refractivity contribution in [2.75, 3.05) is 13.7 Å². The van der Waals surface area contributed by atoms with Gasteiger partial charge in [-0.15, -0.1) is 0 Å². The number of halogens is 1. The van der Waals surface area contributed by atoms with Crippen LogP contribution in [-0.4, -0.2) is 70.1 Å². The molecule has 0 aromatic heterocycles. The fraction of sp³-hybridized carbons (Fsp3) is 0.500. The molecule has 8 nitrogen and oxygen atoms in total. The first-order valence-electron chi connectivity index (χ1n) is 11.7. The van der Waals surface area contributed by atoms with Gasteiger partial charge in [0.25, 0.3) is 0 Å². The van der Waals surface area contributed by atoms with E-state index in [0.717, 1.165) is 24.0 Å². The molecule has 0 radical (unpaired) electrons. The summed E-state index contributed by atoms with van der Waals surface area (Å²) in [5, 5.41) is 40.6. The van der Waals surface area contributed by atoms with Gasteiger partial charge in [-0.2, -0.15) is 0 Å². The van der Waals surface area contributed by atoms with Crippen molar-refractivity contribution in [3.63, 3.8) is 0 Å². The van der Waals surface area contributed by atoms with Crippen molar-refractivity contribution >= 4 is 17.6 Å². The zero-order valence-electron chi connectivity index (χ0n) is 19.5. The Labute approximate surface area is 209 Å². The number of benzene rings is 2. The van der Waals surface area contributed by atoms with Crippen LogP contribution in [0.5, 0.6) is 5.75 Å². The lowest BCUT2D eigenvalue weighted by Crippen LogP contribution is -2.55. The minimum absolute atomic E-state index is 0.351. The molecule has 2 aromatic carbocycles. The van der Waals surface area contributed by atoms with E-state index in [9.17, 15) is 25.2 Å². The molecular weight excluding hydrogens is 476 g/mol. The van der Waals surface area contributed by atoms with Gasteiger partial charge in [0.05, 0.1) is 13.7 Å². The van der Waals surface area contributed by atoms with E-state index in [2.05, 4.69) is 0 Å². The Kier molecular flexibility index (Phi) is 8.00. The normalized spacial score (nSPS) is 28.0. The maximum absolute atomic E-state index is 12.3. The summed E-state index contributed by atoms with van der Waals surface area (Å²) >= 11 is 6.43. The van der Waals surface area contributed by atoms with E-state index in [1.165, 1.54) is 7.11 Å². The van der Waals surface area contributed by atoms with Gasteiger partial charge in [0.15, 0.2) is 0 Å². The SMILES string of the molecule is COC(=O)C1(Oc2ccc(Cc3cc([C@@H]4O[C@H](CO)[C@@H](O)[C@H](O)[C@H]4O)ccc3Cl)cc2)CCCC1. The summed E-state index contributed by atoms with van der Waals surface area (Å²) in [6.07, 6.45) is -2.59. The first kappa shape index (κ1) is 25.9. The van der Waals surface area contributed by atoms with Crippen LogP contribution in [0.4, 0.5) is 0 Å². The largest absolute Gasteiger partial charge is 0.476 e. The number of hydrogen-bond acceptors (Lipinski definition) is 8. The highest BCUT2D eigenvalue weighted by Crippen LogP contribution is 2.37. The van der Waals surface area contributed by atoms with E-state index in [-0.39, 0.29) is 5.97 Å². The molecule has 1 aliphatic carbocycles. The van der Waals surface area contributed by atoms with Crippen LogP contribution >= 0.6 is 11.6 Å². The predicted octanol–water partition coefficient (Wildman–Crippen LogP) is 2.31. The van der Waals surface area contributed by atoms with Crippen LogP contribution in [0.1, 0.15) is 48.5 Å². The summed E-state index contributed by atoms with van der Waals surface area (Å²) in [6.45, 7) is -0.492. The van der Waals surface area contributed by atoms with Crippen LogP contribution in [0, 0.1) is 0 Å². The summed E-state index contributed by atoms with van der Waals surface area (Å²) < 4.78 is 16.7. The third-order valence-electron chi connectivity index (χ3n) is 6.89. The molecule has 5 atom stereocenters. The number of esters is 1. The van der Waals surface area contributed by atoms with E-state index < -0.39 is 42.7 Å². The summed E-state index contributed by atoms with van der Waals surface area (Å²) in [5.74, 6) is 0.234. The van der Waals surface area contributed by atoms with Crippen molar-refractivity contribution in [3.05, 3.63) is 64.2 Å². The highest BCUT2D eigenvalue weighted by atomic mass is 35.5. The number of methoxy groups -OCH3 is 1. The molecule has 1 saturated carbocycles. The topological polar surface area (TPSA) is 126 Å². The summed E-state index contributed by atoms with van der Waals surface area (Å²) in [5.41, 5.74) is 1.36. The van der Waals surface area contributed by atoms with Crippen LogP contribution in [0.15, 0.2) is 42.5 Å². The summed E-state index contributed by atoms with van der Waals surface area (Å²) in [4.78, 5) is 12.3. The second kappa shape index (κ2) is 10.8. The number of aliphatic hydroxyl groups is 4. The lowest BCUT2D eigenvalue weighted by Gasteiger charge is -2.40. The Balaban J connectivity index is 1.50. The van der Waals surface area contributed by atoms with Crippen molar-refractivity contribution in [3.8, 4) is 5.75 Å². The lowest BCUT2D eigenvalue weighted by molar-refractivity contribution is -0.231. The number of hydrogen-bond donors (Lipinski definition) is 4. The van der Waals surface area contributed by atoms with E-state index in [0.29, 0.717) is 35.6 Å². The first-order chi connectivity index (χ1) is 16.8. The van der Waals surface area contributed by atoms with Crippen molar-refractivity contribution in [1.82, 2.24) is 0 Å². The van der Waals surface area contributed by atoms with Gasteiger partial charge in [0.1, 0.15) is 36.3 Å². The predicted molar refractivity (Wildman–Crippen MR) is 127 cm³/mol. The Bertz CT molecular complexity index is 1020. The van der Waals surface area contributed by atoms with Gasteiger partial charge in [0.2, 0.25) is 5.60 Å². The molecule has 1 heterocycles. The molecule has 2 aromatic rings. The molecule has 2 fully saturated rings. The zero-order valence-corrected chi connectivity index (χ0v) is 20.2. The Morgan fingerprint density at radius 2 is 1.74 bits per heavy atom. The second-order valence-electron chi connectivity index (χ2n) is 9.22. The highest BCUT2D eigenvalue weighted by Gasteiger charge is 2.45. The van der Waals surface area contributed by atoms with Crippen molar-refractivity contribution in [2.45, 2.75) is 68.2 Å². The molecule has 4 N–H and O–H groups in total. The molecule has 2 aliphatic rings. The summed E-state index contributed by atoms with van der Waals surface area (Å²) in [6, 6.07) is 12.6. The Hall–Kier alpha value is -2.20. The van der Waals surface area contributed by atoms with Crippen LogP contribution in [0.25, 0.3) is 0 Å². The zero-order chi connectivity index (χ0) is 25.2. The average Bonchev–Trinajstić information content (AvgIpc) is 3.34. The van der Waals surface area contributed by atoms with E-state index in [4.69, 9.17) is 25.8 Å². The first-order valence-corrected chi connectivity index (χ1v) is 12.1. The fourth-order valence-electron chi connectivity index (χ4n) is 4.89. The highest BCUT2D eigenvalue weighted by molar-refractivity contribution is 6.31. The average molecular weight is 507 g/mol.